The monoisotopic (exact) mass is 250 g/mol. The molecule has 5 nitrogen and oxygen atoms in total. The summed E-state index contributed by atoms with van der Waals surface area (Å²) in [6, 6.07) is 13.2. The molecule has 0 fully saturated rings. The minimum atomic E-state index is 0.303. The van der Waals surface area contributed by atoms with Crippen LogP contribution in [0.4, 0.5) is 0 Å². The van der Waals surface area contributed by atoms with E-state index in [2.05, 4.69) is 15.3 Å². The van der Waals surface area contributed by atoms with E-state index in [0.29, 0.717) is 17.7 Å². The molecule has 0 amide bonds. The van der Waals surface area contributed by atoms with Gasteiger partial charge in [0.1, 0.15) is 5.69 Å². The number of carbonyl (C=O) groups excluding carboxylic acids is 1. The molecule has 3 rings (SSSR count). The third-order valence-electron chi connectivity index (χ3n) is 2.74. The van der Waals surface area contributed by atoms with E-state index in [4.69, 9.17) is 0 Å². The van der Waals surface area contributed by atoms with Crippen molar-refractivity contribution in [3.8, 4) is 16.9 Å². The van der Waals surface area contributed by atoms with E-state index in [1.807, 2.05) is 42.5 Å². The summed E-state index contributed by atoms with van der Waals surface area (Å²) in [5.74, 6) is 0. The van der Waals surface area contributed by atoms with Gasteiger partial charge in [0.2, 0.25) is 0 Å². The lowest BCUT2D eigenvalue weighted by Gasteiger charge is -2.06. The number of para-hydroxylation sites is 1. The maximum absolute atomic E-state index is 11.1. The zero-order valence-electron chi connectivity index (χ0n) is 9.97. The molecular formula is C14H10N4O. The summed E-state index contributed by atoms with van der Waals surface area (Å²) in [5.41, 5.74) is 2.60. The van der Waals surface area contributed by atoms with Crippen LogP contribution in [0, 0.1) is 0 Å². The molecule has 0 atom stereocenters. The highest BCUT2D eigenvalue weighted by Gasteiger charge is 2.15. The van der Waals surface area contributed by atoms with Gasteiger partial charge in [0, 0.05) is 18.0 Å². The Hall–Kier alpha value is -2.82. The third kappa shape index (κ3) is 2.01. The molecule has 0 spiro atoms. The Kier molecular flexibility index (Phi) is 2.86. The van der Waals surface area contributed by atoms with Crippen LogP contribution in [0.1, 0.15) is 10.5 Å². The van der Waals surface area contributed by atoms with Crippen molar-refractivity contribution in [2.45, 2.75) is 0 Å². The first-order chi connectivity index (χ1) is 9.40. The summed E-state index contributed by atoms with van der Waals surface area (Å²) in [4.78, 5) is 15.2. The van der Waals surface area contributed by atoms with E-state index in [-0.39, 0.29) is 0 Å². The van der Waals surface area contributed by atoms with Crippen molar-refractivity contribution < 1.29 is 4.79 Å². The predicted molar refractivity (Wildman–Crippen MR) is 70.0 cm³/mol. The number of aromatic nitrogens is 4. The van der Waals surface area contributed by atoms with E-state index in [9.17, 15) is 4.79 Å². The van der Waals surface area contributed by atoms with Gasteiger partial charge in [0.25, 0.3) is 0 Å². The van der Waals surface area contributed by atoms with Crippen molar-refractivity contribution in [1.82, 2.24) is 20.0 Å². The zero-order valence-corrected chi connectivity index (χ0v) is 9.97. The largest absolute Gasteiger partial charge is 0.296 e. The van der Waals surface area contributed by atoms with Crippen molar-refractivity contribution in [3.63, 3.8) is 0 Å². The van der Waals surface area contributed by atoms with Gasteiger partial charge in [-0.15, -0.1) is 5.10 Å². The molecule has 0 aliphatic carbocycles. The average Bonchev–Trinajstić information content (AvgIpc) is 2.93. The Bertz CT molecular complexity index is 692. The molecule has 3 aromatic rings. The lowest BCUT2D eigenvalue weighted by atomic mass is 10.1. The Morgan fingerprint density at radius 1 is 1.05 bits per heavy atom. The van der Waals surface area contributed by atoms with Crippen LogP contribution in [0.3, 0.4) is 0 Å². The molecular weight excluding hydrogens is 240 g/mol. The van der Waals surface area contributed by atoms with E-state index in [1.165, 1.54) is 0 Å². The van der Waals surface area contributed by atoms with Crippen LogP contribution in [0.15, 0.2) is 54.9 Å². The van der Waals surface area contributed by atoms with Gasteiger partial charge >= 0.3 is 0 Å². The summed E-state index contributed by atoms with van der Waals surface area (Å²) in [6.45, 7) is 0. The number of rotatable bonds is 3. The first-order valence-electron chi connectivity index (χ1n) is 5.77. The van der Waals surface area contributed by atoms with Gasteiger partial charge in [-0.1, -0.05) is 23.4 Å². The quantitative estimate of drug-likeness (QED) is 0.668. The van der Waals surface area contributed by atoms with Crippen molar-refractivity contribution in [1.29, 1.82) is 0 Å². The molecule has 0 aliphatic heterocycles. The molecule has 0 bridgehead atoms. The molecule has 0 saturated heterocycles. The number of pyridine rings is 1. The van der Waals surface area contributed by atoms with Crippen LogP contribution in [0.5, 0.6) is 0 Å². The first-order valence-corrected chi connectivity index (χ1v) is 5.77. The van der Waals surface area contributed by atoms with Crippen LogP contribution < -0.4 is 0 Å². The highest BCUT2D eigenvalue weighted by atomic mass is 16.1. The van der Waals surface area contributed by atoms with E-state index >= 15 is 0 Å². The van der Waals surface area contributed by atoms with E-state index in [0.717, 1.165) is 11.3 Å². The zero-order chi connectivity index (χ0) is 13.1. The number of carbonyl (C=O) groups is 1. The van der Waals surface area contributed by atoms with Crippen LogP contribution in [-0.2, 0) is 0 Å². The minimum Gasteiger partial charge on any atom is -0.296 e. The van der Waals surface area contributed by atoms with Gasteiger partial charge in [-0.2, -0.15) is 0 Å². The topological polar surface area (TPSA) is 60.7 Å². The number of nitrogens with zero attached hydrogens (tertiary/aromatic N) is 4. The molecule has 92 valence electrons. The van der Waals surface area contributed by atoms with Crippen LogP contribution >= 0.6 is 0 Å². The van der Waals surface area contributed by atoms with E-state index in [1.54, 1.807) is 17.1 Å². The molecule has 0 N–H and O–H groups in total. The van der Waals surface area contributed by atoms with Crippen LogP contribution in [0.25, 0.3) is 16.9 Å². The number of aldehydes is 1. The molecule has 0 saturated carbocycles. The molecule has 5 heteroatoms. The molecule has 19 heavy (non-hydrogen) atoms. The Morgan fingerprint density at radius 2 is 1.89 bits per heavy atom. The summed E-state index contributed by atoms with van der Waals surface area (Å²) < 4.78 is 1.64. The Morgan fingerprint density at radius 3 is 2.58 bits per heavy atom. The fourth-order valence-corrected chi connectivity index (χ4v) is 1.90. The number of hydrogen-bond acceptors (Lipinski definition) is 4. The van der Waals surface area contributed by atoms with Gasteiger partial charge < -0.3 is 0 Å². The number of hydrogen-bond donors (Lipinski definition) is 0. The molecule has 2 heterocycles. The maximum Gasteiger partial charge on any atom is 0.172 e. The summed E-state index contributed by atoms with van der Waals surface area (Å²) >= 11 is 0. The van der Waals surface area contributed by atoms with Crippen molar-refractivity contribution in [2.24, 2.45) is 0 Å². The summed E-state index contributed by atoms with van der Waals surface area (Å²) in [5, 5.41) is 7.95. The molecule has 0 unspecified atom stereocenters. The van der Waals surface area contributed by atoms with Gasteiger partial charge in [-0.3, -0.25) is 9.78 Å². The standard InChI is InChI=1S/C14H10N4O/c19-10-13-14(11-5-4-8-15-9-11)18(17-16-13)12-6-2-1-3-7-12/h1-10H. The van der Waals surface area contributed by atoms with Crippen LogP contribution in [-0.4, -0.2) is 26.3 Å². The first kappa shape index (κ1) is 11.3. The lowest BCUT2D eigenvalue weighted by molar-refractivity contribution is 0.111. The second-order valence-corrected chi connectivity index (χ2v) is 3.93. The van der Waals surface area contributed by atoms with Crippen LogP contribution in [0.2, 0.25) is 0 Å². The van der Waals surface area contributed by atoms with E-state index < -0.39 is 0 Å². The highest BCUT2D eigenvalue weighted by molar-refractivity contribution is 5.83. The third-order valence-corrected chi connectivity index (χ3v) is 2.74. The molecule has 0 aliphatic rings. The SMILES string of the molecule is O=Cc1nnn(-c2ccccc2)c1-c1cccnc1. The smallest absolute Gasteiger partial charge is 0.172 e. The highest BCUT2D eigenvalue weighted by Crippen LogP contribution is 2.23. The van der Waals surface area contributed by atoms with Gasteiger partial charge in [0.05, 0.1) is 5.69 Å². The van der Waals surface area contributed by atoms with Gasteiger partial charge in [-0.25, -0.2) is 4.68 Å². The Balaban J connectivity index is 2.23. The van der Waals surface area contributed by atoms with Gasteiger partial charge in [0.15, 0.2) is 12.0 Å². The maximum atomic E-state index is 11.1. The molecule has 1 aromatic carbocycles. The predicted octanol–water partition coefficient (Wildman–Crippen LogP) is 2.14. The minimum absolute atomic E-state index is 0.303. The second-order valence-electron chi connectivity index (χ2n) is 3.93. The fraction of sp³-hybridized carbons (Fsp3) is 0. The lowest BCUT2D eigenvalue weighted by Crippen LogP contribution is -1.99. The summed E-state index contributed by atoms with van der Waals surface area (Å²) in [6.07, 6.45) is 4.07. The Labute approximate surface area is 109 Å². The van der Waals surface area contributed by atoms with Crippen molar-refractivity contribution in [2.75, 3.05) is 0 Å². The average molecular weight is 250 g/mol. The normalized spacial score (nSPS) is 10.3. The fourth-order valence-electron chi connectivity index (χ4n) is 1.90. The van der Waals surface area contributed by atoms with Gasteiger partial charge in [-0.05, 0) is 24.3 Å². The summed E-state index contributed by atoms with van der Waals surface area (Å²) in [7, 11) is 0. The molecule has 0 radical (unpaired) electrons. The van der Waals surface area contributed by atoms with Crippen molar-refractivity contribution >= 4 is 6.29 Å². The second kappa shape index (κ2) is 4.81. The molecule has 2 aromatic heterocycles. The van der Waals surface area contributed by atoms with Crippen molar-refractivity contribution in [3.05, 3.63) is 60.6 Å². The number of benzene rings is 1.